The average molecular weight is 279 g/mol. The number of phenolic OH excluding ortho intramolecular Hbond substituents is 1. The van der Waals surface area contributed by atoms with E-state index in [4.69, 9.17) is 0 Å². The molecule has 3 nitrogen and oxygen atoms in total. The van der Waals surface area contributed by atoms with Crippen molar-refractivity contribution in [2.45, 2.75) is 25.7 Å². The Hall–Kier alpha value is -2.42. The van der Waals surface area contributed by atoms with Gasteiger partial charge in [0.05, 0.1) is 11.4 Å². The van der Waals surface area contributed by atoms with Gasteiger partial charge >= 0.3 is 0 Å². The molecule has 0 amide bonds. The SMILES string of the molecule is O=C1CCCc2ccccc2N=C(c2ccccc2O)C1. The number of para-hydroxylation sites is 2. The van der Waals surface area contributed by atoms with E-state index in [1.54, 1.807) is 12.1 Å². The molecule has 0 bridgehead atoms. The number of Topliss-reactive ketones (excluding diaryl/α,β-unsaturated/α-hetero) is 1. The Morgan fingerprint density at radius 2 is 1.71 bits per heavy atom. The molecule has 0 saturated heterocycles. The Bertz CT molecular complexity index is 704. The van der Waals surface area contributed by atoms with Crippen LogP contribution in [0, 0.1) is 0 Å². The zero-order valence-electron chi connectivity index (χ0n) is 11.7. The van der Waals surface area contributed by atoms with E-state index in [-0.39, 0.29) is 18.0 Å². The minimum Gasteiger partial charge on any atom is -0.507 e. The first-order chi connectivity index (χ1) is 10.2. The van der Waals surface area contributed by atoms with Crippen molar-refractivity contribution < 1.29 is 9.90 Å². The van der Waals surface area contributed by atoms with Crippen LogP contribution in [0.5, 0.6) is 5.75 Å². The summed E-state index contributed by atoms with van der Waals surface area (Å²) in [6, 6.07) is 15.0. The Morgan fingerprint density at radius 3 is 2.57 bits per heavy atom. The molecule has 2 aromatic rings. The lowest BCUT2D eigenvalue weighted by molar-refractivity contribution is -0.118. The number of aryl methyl sites for hydroxylation is 1. The summed E-state index contributed by atoms with van der Waals surface area (Å²) in [5.74, 6) is 0.339. The molecule has 21 heavy (non-hydrogen) atoms. The van der Waals surface area contributed by atoms with Crippen LogP contribution in [0.25, 0.3) is 0 Å². The maximum Gasteiger partial charge on any atom is 0.138 e. The van der Waals surface area contributed by atoms with E-state index in [0.717, 1.165) is 24.1 Å². The Labute approximate surface area is 124 Å². The number of carbonyl (C=O) groups excluding carboxylic acids is 1. The lowest BCUT2D eigenvalue weighted by atomic mass is 10.0. The molecule has 1 aliphatic heterocycles. The quantitative estimate of drug-likeness (QED) is 0.863. The zero-order valence-corrected chi connectivity index (χ0v) is 11.7. The fourth-order valence-electron chi connectivity index (χ4n) is 2.64. The summed E-state index contributed by atoms with van der Waals surface area (Å²) < 4.78 is 0. The number of hydrogen-bond acceptors (Lipinski definition) is 3. The molecule has 0 atom stereocenters. The zero-order chi connectivity index (χ0) is 14.7. The number of rotatable bonds is 1. The van der Waals surface area contributed by atoms with Gasteiger partial charge in [-0.2, -0.15) is 0 Å². The van der Waals surface area contributed by atoms with E-state index in [2.05, 4.69) is 11.1 Å². The molecule has 1 heterocycles. The predicted molar refractivity (Wildman–Crippen MR) is 83.3 cm³/mol. The fourth-order valence-corrected chi connectivity index (χ4v) is 2.64. The first-order valence-electron chi connectivity index (χ1n) is 7.19. The molecule has 2 aromatic carbocycles. The average Bonchev–Trinajstić information content (AvgIpc) is 2.56. The largest absolute Gasteiger partial charge is 0.507 e. The third kappa shape index (κ3) is 3.02. The number of ketones is 1. The van der Waals surface area contributed by atoms with Gasteiger partial charge in [0.25, 0.3) is 0 Å². The molecule has 0 saturated carbocycles. The van der Waals surface area contributed by atoms with Crippen molar-refractivity contribution in [1.82, 2.24) is 0 Å². The highest BCUT2D eigenvalue weighted by Gasteiger charge is 2.16. The smallest absolute Gasteiger partial charge is 0.138 e. The van der Waals surface area contributed by atoms with Crippen LogP contribution in [0.4, 0.5) is 5.69 Å². The Balaban J connectivity index is 2.12. The Kier molecular flexibility index (Phi) is 3.82. The molecular formula is C18H17NO2. The van der Waals surface area contributed by atoms with Gasteiger partial charge in [-0.05, 0) is 36.6 Å². The van der Waals surface area contributed by atoms with Crippen molar-refractivity contribution in [2.75, 3.05) is 0 Å². The van der Waals surface area contributed by atoms with E-state index in [1.165, 1.54) is 0 Å². The maximum atomic E-state index is 12.1. The number of fused-ring (bicyclic) bond motifs is 1. The molecule has 0 aliphatic carbocycles. The number of aromatic hydroxyl groups is 1. The maximum absolute atomic E-state index is 12.1. The van der Waals surface area contributed by atoms with Crippen LogP contribution in [0.15, 0.2) is 53.5 Å². The van der Waals surface area contributed by atoms with Gasteiger partial charge in [0.1, 0.15) is 11.5 Å². The first kappa shape index (κ1) is 13.6. The third-order valence-electron chi connectivity index (χ3n) is 3.73. The highest BCUT2D eigenvalue weighted by Crippen LogP contribution is 2.27. The van der Waals surface area contributed by atoms with Crippen LogP contribution < -0.4 is 0 Å². The van der Waals surface area contributed by atoms with Gasteiger partial charge in [-0.1, -0.05) is 30.3 Å². The van der Waals surface area contributed by atoms with Gasteiger partial charge in [-0.25, -0.2) is 0 Å². The summed E-state index contributed by atoms with van der Waals surface area (Å²) in [5.41, 5.74) is 3.33. The predicted octanol–water partition coefficient (Wildman–Crippen LogP) is 3.81. The van der Waals surface area contributed by atoms with E-state index in [0.29, 0.717) is 17.7 Å². The molecule has 0 fully saturated rings. The van der Waals surface area contributed by atoms with Gasteiger partial charge in [-0.15, -0.1) is 0 Å². The van der Waals surface area contributed by atoms with Crippen LogP contribution in [-0.2, 0) is 11.2 Å². The number of nitrogens with zero attached hydrogens (tertiary/aromatic N) is 1. The second-order valence-electron chi connectivity index (χ2n) is 5.27. The van der Waals surface area contributed by atoms with Crippen LogP contribution in [0.1, 0.15) is 30.4 Å². The van der Waals surface area contributed by atoms with E-state index < -0.39 is 0 Å². The van der Waals surface area contributed by atoms with Crippen molar-refractivity contribution in [3.63, 3.8) is 0 Å². The van der Waals surface area contributed by atoms with Gasteiger partial charge in [0, 0.05) is 18.4 Å². The van der Waals surface area contributed by atoms with Gasteiger partial charge < -0.3 is 5.11 Å². The first-order valence-corrected chi connectivity index (χ1v) is 7.19. The van der Waals surface area contributed by atoms with Crippen LogP contribution in [-0.4, -0.2) is 16.6 Å². The standard InChI is InChI=1S/C18H17NO2/c20-14-8-5-7-13-6-1-3-10-16(13)19-17(12-14)15-9-2-4-11-18(15)21/h1-4,6,9-11,21H,5,7-8,12H2. The van der Waals surface area contributed by atoms with Gasteiger partial charge in [-0.3, -0.25) is 9.79 Å². The number of hydrogen-bond donors (Lipinski definition) is 1. The lowest BCUT2D eigenvalue weighted by Gasteiger charge is -2.08. The molecule has 1 N–H and O–H groups in total. The highest BCUT2D eigenvalue weighted by atomic mass is 16.3. The van der Waals surface area contributed by atoms with Crippen LogP contribution >= 0.6 is 0 Å². The number of aliphatic imine (C=N–C) groups is 1. The summed E-state index contributed by atoms with van der Waals surface area (Å²) in [4.78, 5) is 16.7. The fraction of sp³-hybridized carbons (Fsp3) is 0.222. The van der Waals surface area contributed by atoms with Gasteiger partial charge in [0.15, 0.2) is 0 Å². The molecule has 3 rings (SSSR count). The minimum atomic E-state index is 0.167. The molecule has 0 unspecified atom stereocenters. The summed E-state index contributed by atoms with van der Waals surface area (Å²) in [5, 5.41) is 10.0. The molecule has 0 spiro atoms. The summed E-state index contributed by atoms with van der Waals surface area (Å²) >= 11 is 0. The highest BCUT2D eigenvalue weighted by molar-refractivity contribution is 6.13. The number of carbonyl (C=O) groups is 1. The monoisotopic (exact) mass is 279 g/mol. The normalized spacial score (nSPS) is 15.4. The molecular weight excluding hydrogens is 262 g/mol. The molecule has 1 aliphatic rings. The second kappa shape index (κ2) is 5.92. The van der Waals surface area contributed by atoms with Crippen molar-refractivity contribution in [1.29, 1.82) is 0 Å². The van der Waals surface area contributed by atoms with Crippen LogP contribution in [0.3, 0.4) is 0 Å². The Morgan fingerprint density at radius 1 is 0.952 bits per heavy atom. The summed E-state index contributed by atoms with van der Waals surface area (Å²) in [6.07, 6.45) is 2.53. The summed E-state index contributed by atoms with van der Waals surface area (Å²) in [6.45, 7) is 0. The number of phenols is 1. The van der Waals surface area contributed by atoms with E-state index >= 15 is 0 Å². The molecule has 106 valence electrons. The van der Waals surface area contributed by atoms with Crippen molar-refractivity contribution in [3.05, 3.63) is 59.7 Å². The summed E-state index contributed by atoms with van der Waals surface area (Å²) in [7, 11) is 0. The van der Waals surface area contributed by atoms with Crippen molar-refractivity contribution >= 4 is 17.2 Å². The minimum absolute atomic E-state index is 0.167. The number of benzene rings is 2. The molecule has 0 aromatic heterocycles. The van der Waals surface area contributed by atoms with Crippen molar-refractivity contribution in [3.8, 4) is 5.75 Å². The van der Waals surface area contributed by atoms with Gasteiger partial charge in [0.2, 0.25) is 0 Å². The van der Waals surface area contributed by atoms with E-state index in [1.807, 2.05) is 30.3 Å². The lowest BCUT2D eigenvalue weighted by Crippen LogP contribution is -2.09. The second-order valence-corrected chi connectivity index (χ2v) is 5.27. The van der Waals surface area contributed by atoms with E-state index in [9.17, 15) is 9.90 Å². The topological polar surface area (TPSA) is 49.7 Å². The third-order valence-corrected chi connectivity index (χ3v) is 3.73. The van der Waals surface area contributed by atoms with Crippen molar-refractivity contribution in [2.24, 2.45) is 4.99 Å². The molecule has 3 heteroatoms. The molecule has 0 radical (unpaired) electrons. The van der Waals surface area contributed by atoms with Crippen LogP contribution in [0.2, 0.25) is 0 Å².